The van der Waals surface area contributed by atoms with E-state index < -0.39 is 0 Å². The fourth-order valence-corrected chi connectivity index (χ4v) is 4.82. The van der Waals surface area contributed by atoms with Crippen LogP contribution in [0.1, 0.15) is 47.4 Å². The summed E-state index contributed by atoms with van der Waals surface area (Å²) in [6.07, 6.45) is 2.73. The quantitative estimate of drug-likeness (QED) is 0.461. The number of carbonyl (C=O) groups is 1. The Morgan fingerprint density at radius 2 is 1.70 bits per heavy atom. The van der Waals surface area contributed by atoms with Crippen LogP contribution in [0.4, 0.5) is 5.82 Å². The van der Waals surface area contributed by atoms with Crippen LogP contribution in [0, 0.1) is 0 Å². The molecule has 2 N–H and O–H groups in total. The average molecular weight is 437 g/mol. The highest BCUT2D eigenvalue weighted by Crippen LogP contribution is 2.32. The summed E-state index contributed by atoms with van der Waals surface area (Å²) < 4.78 is 0. The second-order valence-electron chi connectivity index (χ2n) is 8.63. The van der Waals surface area contributed by atoms with Crippen LogP contribution in [0.15, 0.2) is 72.8 Å². The van der Waals surface area contributed by atoms with Crippen molar-refractivity contribution in [3.8, 4) is 11.1 Å². The lowest BCUT2D eigenvalue weighted by atomic mass is 9.89. The lowest BCUT2D eigenvalue weighted by molar-refractivity contribution is 0.0707. The highest BCUT2D eigenvalue weighted by Gasteiger charge is 2.25. The second-order valence-corrected chi connectivity index (χ2v) is 8.63. The monoisotopic (exact) mass is 436 g/mol. The number of hydrogen-bond donors (Lipinski definition) is 1. The van der Waals surface area contributed by atoms with E-state index in [1.807, 2.05) is 53.4 Å². The number of nitrogens with two attached hydrogens (primary N) is 1. The normalized spacial score (nSPS) is 14.5. The smallest absolute Gasteiger partial charge is 0.272 e. The summed E-state index contributed by atoms with van der Waals surface area (Å²) in [5, 5.41) is 1.01. The molecule has 4 aromatic rings. The number of para-hydroxylation sites is 1. The van der Waals surface area contributed by atoms with Gasteiger partial charge in [-0.2, -0.15) is 0 Å². The van der Waals surface area contributed by atoms with E-state index in [0.717, 1.165) is 60.1 Å². The first-order valence-electron chi connectivity index (χ1n) is 11.6. The summed E-state index contributed by atoms with van der Waals surface area (Å²) in [6, 6.07) is 24.3. The molecule has 3 heterocycles. The third-order valence-electron chi connectivity index (χ3n) is 6.61. The largest absolute Gasteiger partial charge is 0.384 e. The van der Waals surface area contributed by atoms with Crippen LogP contribution in [0.3, 0.4) is 0 Å². The number of aromatic nitrogens is 2. The molecule has 0 saturated carbocycles. The van der Waals surface area contributed by atoms with Gasteiger partial charge in [0.05, 0.1) is 11.2 Å². The maximum Gasteiger partial charge on any atom is 0.272 e. The zero-order valence-electron chi connectivity index (χ0n) is 18.9. The Morgan fingerprint density at radius 3 is 2.45 bits per heavy atom. The number of nitrogens with zero attached hydrogens (tertiary/aromatic N) is 3. The number of benzene rings is 2. The molecule has 5 rings (SSSR count). The minimum absolute atomic E-state index is 0.00404. The van der Waals surface area contributed by atoms with Crippen molar-refractivity contribution in [1.29, 1.82) is 0 Å². The number of rotatable bonds is 4. The number of pyridine rings is 2. The molecule has 1 aliphatic heterocycles. The number of anilines is 1. The first-order valence-corrected chi connectivity index (χ1v) is 11.6. The van der Waals surface area contributed by atoms with Crippen LogP contribution in [-0.4, -0.2) is 33.9 Å². The molecule has 5 nitrogen and oxygen atoms in total. The number of piperidine rings is 1. The fourth-order valence-electron chi connectivity index (χ4n) is 4.82. The molecule has 0 spiro atoms. The van der Waals surface area contributed by atoms with Crippen LogP contribution >= 0.6 is 0 Å². The Balaban J connectivity index is 1.43. The van der Waals surface area contributed by atoms with E-state index in [0.29, 0.717) is 17.4 Å². The van der Waals surface area contributed by atoms with Gasteiger partial charge < -0.3 is 10.6 Å². The van der Waals surface area contributed by atoms with Gasteiger partial charge in [-0.1, -0.05) is 61.5 Å². The third kappa shape index (κ3) is 4.19. The van der Waals surface area contributed by atoms with Gasteiger partial charge >= 0.3 is 0 Å². The third-order valence-corrected chi connectivity index (χ3v) is 6.61. The molecular formula is C28H28N4O. The molecule has 1 amide bonds. The molecule has 1 saturated heterocycles. The molecule has 0 aliphatic carbocycles. The van der Waals surface area contributed by atoms with Crippen molar-refractivity contribution in [3.63, 3.8) is 0 Å². The van der Waals surface area contributed by atoms with Crippen molar-refractivity contribution in [3.05, 3.63) is 89.7 Å². The van der Waals surface area contributed by atoms with Gasteiger partial charge in [-0.15, -0.1) is 0 Å². The summed E-state index contributed by atoms with van der Waals surface area (Å²) >= 11 is 0. The van der Waals surface area contributed by atoms with E-state index in [1.165, 1.54) is 5.56 Å². The molecule has 1 fully saturated rings. The number of amides is 1. The Hall–Kier alpha value is -3.73. The Labute approximate surface area is 194 Å². The predicted octanol–water partition coefficient (Wildman–Crippen LogP) is 5.46. The van der Waals surface area contributed by atoms with E-state index in [9.17, 15) is 4.79 Å². The molecule has 0 bridgehead atoms. The van der Waals surface area contributed by atoms with Crippen LogP contribution < -0.4 is 5.73 Å². The zero-order valence-corrected chi connectivity index (χ0v) is 18.9. The number of carbonyl (C=O) groups excluding carboxylic acids is 1. The minimum Gasteiger partial charge on any atom is -0.384 e. The molecule has 0 radical (unpaired) electrons. The lowest BCUT2D eigenvalue weighted by Gasteiger charge is -2.32. The van der Waals surface area contributed by atoms with Gasteiger partial charge in [0.1, 0.15) is 11.5 Å². The van der Waals surface area contributed by atoms with Crippen molar-refractivity contribution in [2.24, 2.45) is 0 Å². The van der Waals surface area contributed by atoms with E-state index in [-0.39, 0.29) is 5.91 Å². The van der Waals surface area contributed by atoms with Crippen LogP contribution in [-0.2, 0) is 6.42 Å². The average Bonchev–Trinajstić information content (AvgIpc) is 2.88. The molecule has 2 aromatic heterocycles. The van der Waals surface area contributed by atoms with Crippen LogP contribution in [0.5, 0.6) is 0 Å². The fraction of sp³-hybridized carbons (Fsp3) is 0.250. The Kier molecular flexibility index (Phi) is 5.78. The van der Waals surface area contributed by atoms with E-state index in [2.05, 4.69) is 36.2 Å². The summed E-state index contributed by atoms with van der Waals surface area (Å²) in [5.74, 6) is 1.03. The molecule has 2 aromatic carbocycles. The minimum atomic E-state index is 0.00404. The zero-order chi connectivity index (χ0) is 22.8. The van der Waals surface area contributed by atoms with Crippen molar-refractivity contribution < 1.29 is 4.79 Å². The maximum absolute atomic E-state index is 13.3. The molecule has 0 unspecified atom stereocenters. The Morgan fingerprint density at radius 1 is 0.909 bits per heavy atom. The summed E-state index contributed by atoms with van der Waals surface area (Å²) in [4.78, 5) is 24.6. The molecule has 33 heavy (non-hydrogen) atoms. The van der Waals surface area contributed by atoms with Crippen molar-refractivity contribution >= 4 is 22.6 Å². The van der Waals surface area contributed by atoms with Crippen molar-refractivity contribution in [2.45, 2.75) is 32.1 Å². The van der Waals surface area contributed by atoms with Crippen molar-refractivity contribution in [2.75, 3.05) is 18.8 Å². The van der Waals surface area contributed by atoms with Gasteiger partial charge in [-0.05, 0) is 48.9 Å². The van der Waals surface area contributed by atoms with Crippen LogP contribution in [0.2, 0.25) is 0 Å². The number of nitrogen functional groups attached to an aromatic ring is 1. The Bertz CT molecular complexity index is 1290. The molecular weight excluding hydrogens is 408 g/mol. The van der Waals surface area contributed by atoms with Gasteiger partial charge in [0.15, 0.2) is 0 Å². The highest BCUT2D eigenvalue weighted by atomic mass is 16.2. The van der Waals surface area contributed by atoms with Gasteiger partial charge in [0.25, 0.3) is 5.91 Å². The first kappa shape index (κ1) is 21.1. The first-order chi connectivity index (χ1) is 16.1. The number of hydrogen-bond acceptors (Lipinski definition) is 4. The molecule has 5 heteroatoms. The van der Waals surface area contributed by atoms with E-state index >= 15 is 0 Å². The SMILES string of the molecule is CCc1nc(N)ccc1-c1cccc2ccc(C(=O)N3CCC(c4ccccc4)CC3)nc12. The molecule has 166 valence electrons. The molecule has 1 aliphatic rings. The summed E-state index contributed by atoms with van der Waals surface area (Å²) in [7, 11) is 0. The van der Waals surface area contributed by atoms with Gasteiger partial charge in [-0.3, -0.25) is 4.79 Å². The number of fused-ring (bicyclic) bond motifs is 1. The summed E-state index contributed by atoms with van der Waals surface area (Å²) in [5.41, 5.74) is 11.5. The second kappa shape index (κ2) is 9.02. The standard InChI is InChI=1S/C28H28N4O/c1-2-24-22(12-14-26(29)30-24)23-10-6-9-21-11-13-25(31-27(21)23)28(33)32-17-15-20(16-18-32)19-7-4-3-5-8-19/h3-14,20H,2,15-18H2,1H3,(H2,29,30). The van der Waals surface area contributed by atoms with Crippen molar-refractivity contribution in [1.82, 2.24) is 14.9 Å². The van der Waals surface area contributed by atoms with Gasteiger partial charge in [0.2, 0.25) is 0 Å². The summed E-state index contributed by atoms with van der Waals surface area (Å²) in [6.45, 7) is 3.57. The molecule has 0 atom stereocenters. The van der Waals surface area contributed by atoms with Crippen LogP contribution in [0.25, 0.3) is 22.0 Å². The number of likely N-dealkylation sites (tertiary alicyclic amines) is 1. The van der Waals surface area contributed by atoms with Gasteiger partial charge in [0, 0.05) is 29.6 Å². The highest BCUT2D eigenvalue weighted by molar-refractivity contribution is 5.99. The van der Waals surface area contributed by atoms with E-state index in [4.69, 9.17) is 10.7 Å². The predicted molar refractivity (Wildman–Crippen MR) is 133 cm³/mol. The van der Waals surface area contributed by atoms with E-state index in [1.54, 1.807) is 0 Å². The topological polar surface area (TPSA) is 72.1 Å². The number of aryl methyl sites for hydroxylation is 1. The van der Waals surface area contributed by atoms with Gasteiger partial charge in [-0.25, -0.2) is 9.97 Å². The maximum atomic E-state index is 13.3. The lowest BCUT2D eigenvalue weighted by Crippen LogP contribution is -2.38.